The molecule has 3 N–H and O–H groups in total. The van der Waals surface area contributed by atoms with E-state index in [2.05, 4.69) is 0 Å². The molecular formula is C11H8N2O4. The van der Waals surface area contributed by atoms with Gasteiger partial charge in [0.15, 0.2) is 5.78 Å². The maximum absolute atomic E-state index is 11.9. The van der Waals surface area contributed by atoms with Crippen LogP contribution in [-0.2, 0) is 0 Å². The molecule has 17 heavy (non-hydrogen) atoms. The SMILES string of the molecule is NC(=O)N(O)C1=CC(=O)c2ccccc2C1=O. The molecule has 1 aromatic rings. The minimum Gasteiger partial charge on any atom is -0.349 e. The van der Waals surface area contributed by atoms with E-state index in [-0.39, 0.29) is 16.2 Å². The number of ketones is 2. The highest BCUT2D eigenvalue weighted by atomic mass is 16.5. The molecule has 0 spiro atoms. The highest BCUT2D eigenvalue weighted by Gasteiger charge is 2.30. The zero-order valence-corrected chi connectivity index (χ0v) is 8.58. The molecule has 0 radical (unpaired) electrons. The summed E-state index contributed by atoms with van der Waals surface area (Å²) in [6.07, 6.45) is 0.884. The van der Waals surface area contributed by atoms with Gasteiger partial charge >= 0.3 is 6.03 Å². The average Bonchev–Trinajstić information content (AvgIpc) is 2.33. The van der Waals surface area contributed by atoms with Gasteiger partial charge in [0.05, 0.1) is 0 Å². The molecule has 1 aliphatic rings. The predicted molar refractivity (Wildman–Crippen MR) is 56.4 cm³/mol. The summed E-state index contributed by atoms with van der Waals surface area (Å²) in [4.78, 5) is 34.3. The predicted octanol–water partition coefficient (Wildman–Crippen LogP) is 0.719. The number of nitrogens with two attached hydrogens (primary N) is 1. The molecule has 2 amide bonds. The smallest absolute Gasteiger partial charge is 0.343 e. The number of fused-ring (bicyclic) bond motifs is 1. The van der Waals surface area contributed by atoms with Crippen LogP contribution < -0.4 is 5.73 Å². The van der Waals surface area contributed by atoms with Gasteiger partial charge in [-0.05, 0) is 0 Å². The number of primary amides is 1. The molecule has 0 saturated carbocycles. The van der Waals surface area contributed by atoms with E-state index in [1.165, 1.54) is 12.1 Å². The van der Waals surface area contributed by atoms with Crippen LogP contribution in [0.4, 0.5) is 4.79 Å². The Kier molecular flexibility index (Phi) is 2.49. The van der Waals surface area contributed by atoms with Gasteiger partial charge in [0.1, 0.15) is 5.70 Å². The zero-order chi connectivity index (χ0) is 12.6. The zero-order valence-electron chi connectivity index (χ0n) is 8.58. The number of rotatable bonds is 1. The summed E-state index contributed by atoms with van der Waals surface area (Å²) < 4.78 is 0. The monoisotopic (exact) mass is 232 g/mol. The van der Waals surface area contributed by atoms with Crippen molar-refractivity contribution in [3.63, 3.8) is 0 Å². The fourth-order valence-corrected chi connectivity index (χ4v) is 1.58. The third-order valence-electron chi connectivity index (χ3n) is 2.37. The first kappa shape index (κ1) is 11.0. The molecule has 1 aromatic carbocycles. The number of allylic oxidation sites excluding steroid dienone is 2. The molecule has 0 fully saturated rings. The number of hydroxylamine groups is 2. The standard InChI is InChI=1S/C11H8N2O4/c12-11(16)13(17)8-5-9(14)6-3-1-2-4-7(6)10(8)15/h1-5,17H,(H2,12,16). The van der Waals surface area contributed by atoms with Crippen LogP contribution in [0.1, 0.15) is 20.7 Å². The summed E-state index contributed by atoms with van der Waals surface area (Å²) >= 11 is 0. The third kappa shape index (κ3) is 1.70. The minimum atomic E-state index is -1.23. The van der Waals surface area contributed by atoms with Crippen molar-refractivity contribution in [3.8, 4) is 0 Å². The summed E-state index contributed by atoms with van der Waals surface area (Å²) in [6.45, 7) is 0. The van der Waals surface area contributed by atoms with Gasteiger partial charge in [-0.2, -0.15) is 5.06 Å². The van der Waals surface area contributed by atoms with Crippen molar-refractivity contribution >= 4 is 17.6 Å². The summed E-state index contributed by atoms with van der Waals surface area (Å²) in [5, 5.41) is 9.25. The van der Waals surface area contributed by atoms with Gasteiger partial charge in [-0.15, -0.1) is 0 Å². The van der Waals surface area contributed by atoms with E-state index in [0.717, 1.165) is 6.08 Å². The second kappa shape index (κ2) is 3.84. The van der Waals surface area contributed by atoms with Crippen LogP contribution in [-0.4, -0.2) is 27.9 Å². The Labute approximate surface area is 95.9 Å². The lowest BCUT2D eigenvalue weighted by molar-refractivity contribution is -0.00604. The molecule has 0 aromatic heterocycles. The van der Waals surface area contributed by atoms with Gasteiger partial charge in [0.25, 0.3) is 0 Å². The molecule has 86 valence electrons. The van der Waals surface area contributed by atoms with Gasteiger partial charge in [-0.25, -0.2) is 4.79 Å². The first-order valence-corrected chi connectivity index (χ1v) is 4.70. The van der Waals surface area contributed by atoms with Crippen LogP contribution in [0.25, 0.3) is 0 Å². The number of hydrogen-bond donors (Lipinski definition) is 2. The second-order valence-electron chi connectivity index (χ2n) is 3.42. The molecule has 0 unspecified atom stereocenters. The highest BCUT2D eigenvalue weighted by molar-refractivity contribution is 6.24. The Bertz CT molecular complexity index is 562. The Balaban J connectivity index is 2.52. The quantitative estimate of drug-likeness (QED) is 0.550. The molecule has 1 aliphatic carbocycles. The molecule has 0 atom stereocenters. The van der Waals surface area contributed by atoms with Crippen molar-refractivity contribution in [1.82, 2.24) is 5.06 Å². The summed E-state index contributed by atoms with van der Waals surface area (Å²) in [5.74, 6) is -1.09. The second-order valence-corrected chi connectivity index (χ2v) is 3.42. The maximum atomic E-state index is 11.9. The number of Topliss-reactive ketones (excluding diaryl/α,β-unsaturated/α-hetero) is 1. The number of carbonyl (C=O) groups is 3. The fourth-order valence-electron chi connectivity index (χ4n) is 1.58. The van der Waals surface area contributed by atoms with Crippen molar-refractivity contribution in [2.45, 2.75) is 0 Å². The van der Waals surface area contributed by atoms with E-state index >= 15 is 0 Å². The molecule has 6 heteroatoms. The van der Waals surface area contributed by atoms with Gasteiger partial charge < -0.3 is 5.73 Å². The van der Waals surface area contributed by atoms with Crippen LogP contribution in [0.3, 0.4) is 0 Å². The van der Waals surface area contributed by atoms with E-state index < -0.39 is 23.3 Å². The topological polar surface area (TPSA) is 101 Å². The van der Waals surface area contributed by atoms with Gasteiger partial charge in [0.2, 0.25) is 5.78 Å². The average molecular weight is 232 g/mol. The van der Waals surface area contributed by atoms with E-state index in [4.69, 9.17) is 5.73 Å². The fraction of sp³-hybridized carbons (Fsp3) is 0. The van der Waals surface area contributed by atoms with Crippen molar-refractivity contribution < 1.29 is 19.6 Å². The van der Waals surface area contributed by atoms with Crippen molar-refractivity contribution in [2.24, 2.45) is 5.73 Å². The van der Waals surface area contributed by atoms with Crippen LogP contribution >= 0.6 is 0 Å². The Morgan fingerprint density at radius 3 is 2.35 bits per heavy atom. The molecule has 0 bridgehead atoms. The number of amides is 2. The first-order chi connectivity index (χ1) is 8.02. The van der Waals surface area contributed by atoms with Crippen LogP contribution in [0, 0.1) is 0 Å². The van der Waals surface area contributed by atoms with Crippen LogP contribution in [0.15, 0.2) is 36.0 Å². The van der Waals surface area contributed by atoms with Crippen molar-refractivity contribution in [1.29, 1.82) is 0 Å². The lowest BCUT2D eigenvalue weighted by atomic mass is 9.93. The molecule has 6 nitrogen and oxygen atoms in total. The minimum absolute atomic E-state index is 0.0316. The molecule has 0 saturated heterocycles. The van der Waals surface area contributed by atoms with Gasteiger partial charge in [-0.1, -0.05) is 24.3 Å². The van der Waals surface area contributed by atoms with E-state index in [1.807, 2.05) is 0 Å². The summed E-state index contributed by atoms with van der Waals surface area (Å²) in [5.41, 5.74) is 4.75. The van der Waals surface area contributed by atoms with Crippen LogP contribution in [0.2, 0.25) is 0 Å². The first-order valence-electron chi connectivity index (χ1n) is 4.70. The highest BCUT2D eigenvalue weighted by Crippen LogP contribution is 2.22. The van der Waals surface area contributed by atoms with E-state index in [9.17, 15) is 19.6 Å². The Morgan fingerprint density at radius 1 is 1.18 bits per heavy atom. The summed E-state index contributed by atoms with van der Waals surface area (Å²) in [6, 6.07) is 4.91. The van der Waals surface area contributed by atoms with Gasteiger partial charge in [0, 0.05) is 17.2 Å². The Hall–Kier alpha value is -2.47. The normalized spacial score (nSPS) is 14.1. The van der Waals surface area contributed by atoms with Crippen molar-refractivity contribution in [3.05, 3.63) is 47.2 Å². The number of carbonyl (C=O) groups excluding carboxylic acids is 3. The number of nitrogens with zero attached hydrogens (tertiary/aromatic N) is 1. The Morgan fingerprint density at radius 2 is 1.76 bits per heavy atom. The lowest BCUT2D eigenvalue weighted by Crippen LogP contribution is -2.37. The number of urea groups is 1. The maximum Gasteiger partial charge on any atom is 0.343 e. The molecule has 0 aliphatic heterocycles. The van der Waals surface area contributed by atoms with Crippen molar-refractivity contribution in [2.75, 3.05) is 0 Å². The molecular weight excluding hydrogens is 224 g/mol. The largest absolute Gasteiger partial charge is 0.349 e. The molecule has 2 rings (SSSR count). The number of benzene rings is 1. The lowest BCUT2D eigenvalue weighted by Gasteiger charge is -2.19. The van der Waals surface area contributed by atoms with Gasteiger partial charge in [-0.3, -0.25) is 14.8 Å². The van der Waals surface area contributed by atoms with E-state index in [0.29, 0.717) is 0 Å². The van der Waals surface area contributed by atoms with Crippen LogP contribution in [0.5, 0.6) is 0 Å². The molecule has 0 heterocycles. The van der Waals surface area contributed by atoms with E-state index in [1.54, 1.807) is 12.1 Å². The summed E-state index contributed by atoms with van der Waals surface area (Å²) in [7, 11) is 0. The number of hydrogen-bond acceptors (Lipinski definition) is 4. The third-order valence-corrected chi connectivity index (χ3v) is 2.37.